The molecule has 0 saturated heterocycles. The molecule has 2 aliphatic heterocycles. The van der Waals surface area contributed by atoms with Gasteiger partial charge in [-0.3, -0.25) is 24.1 Å². The molecule has 5 N–H and O–H groups in total. The molecule has 2 aliphatic rings. The number of benzene rings is 1. The van der Waals surface area contributed by atoms with Crippen molar-refractivity contribution in [3.05, 3.63) is 35.4 Å². The third kappa shape index (κ3) is 14.6. The van der Waals surface area contributed by atoms with E-state index in [9.17, 15) is 24.3 Å². The van der Waals surface area contributed by atoms with Crippen LogP contribution in [0.5, 0.6) is 11.5 Å². The Kier molecular flexibility index (Phi) is 17.2. The van der Waals surface area contributed by atoms with Gasteiger partial charge in [0.25, 0.3) is 5.91 Å². The van der Waals surface area contributed by atoms with Crippen LogP contribution in [0.4, 0.5) is 0 Å². The molecule has 12 heteroatoms. The number of nitrogens with one attached hydrogen (secondary N) is 4. The summed E-state index contributed by atoms with van der Waals surface area (Å²) in [6.07, 6.45) is 4.18. The van der Waals surface area contributed by atoms with Gasteiger partial charge in [-0.25, -0.2) is 0 Å². The number of allylic oxidation sites excluding steroid dienone is 1. The van der Waals surface area contributed by atoms with Crippen LogP contribution in [0.3, 0.4) is 0 Å². The maximum atomic E-state index is 13.3. The Hall–Kier alpha value is -3.64. The maximum Gasteiger partial charge on any atom is 0.257 e. The van der Waals surface area contributed by atoms with Gasteiger partial charge in [-0.2, -0.15) is 0 Å². The van der Waals surface area contributed by atoms with Crippen LogP contribution in [0.2, 0.25) is 0 Å². The van der Waals surface area contributed by atoms with Crippen LogP contribution in [0, 0.1) is 5.92 Å². The molecule has 1 aromatic rings. The molecule has 0 radical (unpaired) electrons. The highest BCUT2D eigenvalue weighted by Gasteiger charge is 2.30. The van der Waals surface area contributed by atoms with Crippen LogP contribution in [-0.4, -0.2) is 98.3 Å². The minimum Gasteiger partial charge on any atom is -0.493 e. The van der Waals surface area contributed by atoms with Crippen molar-refractivity contribution in [2.75, 3.05) is 46.4 Å². The van der Waals surface area contributed by atoms with Gasteiger partial charge in [-0.15, -0.1) is 0 Å². The van der Waals surface area contributed by atoms with Crippen molar-refractivity contribution in [3.63, 3.8) is 0 Å². The normalized spacial score (nSPS) is 21.3. The Morgan fingerprint density at radius 2 is 1.70 bits per heavy atom. The summed E-state index contributed by atoms with van der Waals surface area (Å²) in [4.78, 5) is 54.0. The molecule has 0 fully saturated rings. The van der Waals surface area contributed by atoms with Gasteiger partial charge < -0.3 is 35.8 Å². The number of aliphatic hydroxyl groups is 1. The third-order valence-corrected chi connectivity index (χ3v) is 7.58. The van der Waals surface area contributed by atoms with Crippen molar-refractivity contribution in [3.8, 4) is 11.5 Å². The molecule has 4 amide bonds. The van der Waals surface area contributed by atoms with Crippen molar-refractivity contribution in [1.29, 1.82) is 0 Å². The fraction of sp³-hybridized carbons (Fsp3) is 0.647. The van der Waals surface area contributed by atoms with Gasteiger partial charge in [0, 0.05) is 32.6 Å². The fourth-order valence-electron chi connectivity index (χ4n) is 4.99. The Labute approximate surface area is 274 Å². The van der Waals surface area contributed by atoms with Gasteiger partial charge in [-0.1, -0.05) is 31.6 Å². The molecule has 0 aromatic heterocycles. The van der Waals surface area contributed by atoms with Crippen molar-refractivity contribution in [1.82, 2.24) is 26.2 Å². The number of methoxy groups -OCH3 is 1. The van der Waals surface area contributed by atoms with Crippen LogP contribution in [0.15, 0.2) is 29.8 Å². The highest BCUT2D eigenvalue weighted by molar-refractivity contribution is 5.92. The number of carbonyl (C=O) groups excluding carboxylic acids is 4. The molecule has 258 valence electrons. The molecule has 12 nitrogen and oxygen atoms in total. The summed E-state index contributed by atoms with van der Waals surface area (Å²) >= 11 is 0. The average Bonchev–Trinajstić information content (AvgIpc) is 3.00. The SMILES string of the molecule is COc1cc2ccc1OCC(=O)NCCCN(CC=C(C)C)CCCCNC(=O)[C@H]([C@@H](C)O)NC(=O)[C@@H](CC(C)C)NC(=O)CC2. The van der Waals surface area contributed by atoms with E-state index in [1.165, 1.54) is 19.6 Å². The second-order valence-electron chi connectivity index (χ2n) is 12.5. The minimum atomic E-state index is -1.16. The van der Waals surface area contributed by atoms with E-state index in [1.807, 2.05) is 13.8 Å². The number of fused-ring (bicyclic) bond motifs is 23. The molecule has 0 unspecified atom stereocenters. The van der Waals surface area contributed by atoms with E-state index >= 15 is 0 Å². The molecule has 0 saturated carbocycles. The zero-order valence-electron chi connectivity index (χ0n) is 28.4. The van der Waals surface area contributed by atoms with Crippen molar-refractivity contribution in [2.45, 2.75) is 91.3 Å². The van der Waals surface area contributed by atoms with Crippen LogP contribution in [0.1, 0.15) is 72.3 Å². The quantitative estimate of drug-likeness (QED) is 0.233. The number of carbonyl (C=O) groups is 4. The molecule has 1 aromatic carbocycles. The molecule has 46 heavy (non-hydrogen) atoms. The molecule has 0 aliphatic carbocycles. The lowest BCUT2D eigenvalue weighted by atomic mass is 10.0. The average molecular weight is 646 g/mol. The summed E-state index contributed by atoms with van der Waals surface area (Å²) < 4.78 is 11.2. The lowest BCUT2D eigenvalue weighted by molar-refractivity contribution is -0.134. The standard InChI is InChI=1S/C34H55N5O7/c1-23(2)14-19-39-17-8-7-15-36-34(44)32(25(5)40)38-33(43)27(20-24(3)4)37-30(41)13-11-26-10-12-28(29(21-26)45-6)46-22-31(42)35-16-9-18-39/h10,12,14,21,24-25,27,32,40H,7-9,11,13,15-20,22H2,1-6H3,(H,35,42)(H,36,44)(H,37,41)(H,38,43)/t25-,27-,32+/m1/s1. The predicted molar refractivity (Wildman–Crippen MR) is 178 cm³/mol. The zero-order valence-corrected chi connectivity index (χ0v) is 28.4. The van der Waals surface area contributed by atoms with Gasteiger partial charge in [-0.05, 0) is 83.0 Å². The van der Waals surface area contributed by atoms with E-state index in [4.69, 9.17) is 9.47 Å². The van der Waals surface area contributed by atoms with Gasteiger partial charge >= 0.3 is 0 Å². The molecule has 3 atom stereocenters. The smallest absolute Gasteiger partial charge is 0.257 e. The Morgan fingerprint density at radius 1 is 0.978 bits per heavy atom. The number of hydrogen-bond acceptors (Lipinski definition) is 8. The highest BCUT2D eigenvalue weighted by Crippen LogP contribution is 2.28. The van der Waals surface area contributed by atoms with E-state index in [0.717, 1.165) is 38.0 Å². The largest absolute Gasteiger partial charge is 0.493 e. The number of aryl methyl sites for hydroxylation is 1. The first-order valence-corrected chi connectivity index (χ1v) is 16.4. The summed E-state index contributed by atoms with van der Waals surface area (Å²) in [5.74, 6) is -0.594. The van der Waals surface area contributed by atoms with Crippen LogP contribution in [-0.2, 0) is 25.6 Å². The fourth-order valence-corrected chi connectivity index (χ4v) is 4.99. The Bertz CT molecular complexity index is 1170. The van der Waals surface area contributed by atoms with E-state index in [-0.39, 0.29) is 30.8 Å². The number of ether oxygens (including phenoxy) is 2. The summed E-state index contributed by atoms with van der Waals surface area (Å²) in [6, 6.07) is 3.24. The van der Waals surface area contributed by atoms with Gasteiger partial charge in [0.15, 0.2) is 18.1 Å². The molecule has 0 spiro atoms. The molecular weight excluding hydrogens is 590 g/mol. The first-order chi connectivity index (χ1) is 21.9. The van der Waals surface area contributed by atoms with Crippen molar-refractivity contribution < 1.29 is 33.8 Å². The number of nitrogens with zero attached hydrogens (tertiary/aromatic N) is 1. The first kappa shape index (κ1) is 38.5. The van der Waals surface area contributed by atoms with E-state index in [0.29, 0.717) is 43.9 Å². The number of amides is 4. The van der Waals surface area contributed by atoms with E-state index in [2.05, 4.69) is 46.1 Å². The highest BCUT2D eigenvalue weighted by atomic mass is 16.5. The van der Waals surface area contributed by atoms with Crippen LogP contribution >= 0.6 is 0 Å². The lowest BCUT2D eigenvalue weighted by Gasteiger charge is -2.26. The number of aliphatic hydroxyl groups excluding tert-OH is 1. The van der Waals surface area contributed by atoms with Gasteiger partial charge in [0.05, 0.1) is 13.2 Å². The van der Waals surface area contributed by atoms with Crippen molar-refractivity contribution in [2.24, 2.45) is 5.92 Å². The zero-order chi connectivity index (χ0) is 34.1. The molecular formula is C34H55N5O7. The first-order valence-electron chi connectivity index (χ1n) is 16.4. The van der Waals surface area contributed by atoms with E-state index < -0.39 is 30.0 Å². The minimum absolute atomic E-state index is 0.0883. The third-order valence-electron chi connectivity index (χ3n) is 7.58. The van der Waals surface area contributed by atoms with Crippen LogP contribution in [0.25, 0.3) is 0 Å². The van der Waals surface area contributed by atoms with Crippen molar-refractivity contribution >= 4 is 23.6 Å². The topological polar surface area (TPSA) is 158 Å². The van der Waals surface area contributed by atoms with Gasteiger partial charge in [0.2, 0.25) is 17.7 Å². The Balaban J connectivity index is 2.22. The number of rotatable bonds is 6. The monoisotopic (exact) mass is 645 g/mol. The molecule has 2 heterocycles. The predicted octanol–water partition coefficient (Wildman–Crippen LogP) is 2.09. The number of hydrogen-bond donors (Lipinski definition) is 5. The maximum absolute atomic E-state index is 13.3. The second-order valence-corrected chi connectivity index (χ2v) is 12.5. The molecule has 2 bridgehead atoms. The van der Waals surface area contributed by atoms with Gasteiger partial charge in [0.1, 0.15) is 12.1 Å². The Morgan fingerprint density at radius 3 is 2.37 bits per heavy atom. The summed E-state index contributed by atoms with van der Waals surface area (Å²) in [6.45, 7) is 12.6. The van der Waals surface area contributed by atoms with E-state index in [1.54, 1.807) is 18.2 Å². The second kappa shape index (κ2) is 20.5. The summed E-state index contributed by atoms with van der Waals surface area (Å²) in [7, 11) is 1.51. The van der Waals surface area contributed by atoms with Crippen LogP contribution < -0.4 is 30.7 Å². The summed E-state index contributed by atoms with van der Waals surface area (Å²) in [5.41, 5.74) is 2.04. The molecule has 3 rings (SSSR count). The lowest BCUT2D eigenvalue weighted by Crippen LogP contribution is -2.57. The summed E-state index contributed by atoms with van der Waals surface area (Å²) in [5, 5.41) is 21.6.